The summed E-state index contributed by atoms with van der Waals surface area (Å²) in [5.74, 6) is 2.10. The Morgan fingerprint density at radius 3 is 2.68 bits per heavy atom. The van der Waals surface area contributed by atoms with Crippen molar-refractivity contribution in [3.63, 3.8) is 0 Å². The van der Waals surface area contributed by atoms with Crippen LogP contribution in [0.2, 0.25) is 0 Å². The molecule has 0 unspecified atom stereocenters. The van der Waals surface area contributed by atoms with Crippen molar-refractivity contribution in [3.8, 4) is 0 Å². The third kappa shape index (κ3) is 3.33. The van der Waals surface area contributed by atoms with Crippen molar-refractivity contribution in [1.82, 2.24) is 10.2 Å². The molecule has 1 aliphatic heterocycles. The van der Waals surface area contributed by atoms with E-state index in [1.54, 1.807) is 6.26 Å². The van der Waals surface area contributed by atoms with Crippen LogP contribution in [-0.2, 0) is 11.3 Å². The number of carbonyl (C=O) groups excluding carboxylic acids is 1. The lowest BCUT2D eigenvalue weighted by Gasteiger charge is -2.28. The molecule has 22 heavy (non-hydrogen) atoms. The van der Waals surface area contributed by atoms with Crippen molar-refractivity contribution in [1.29, 1.82) is 0 Å². The van der Waals surface area contributed by atoms with Crippen molar-refractivity contribution in [2.75, 3.05) is 13.1 Å². The number of carbonyl (C=O) groups is 1. The van der Waals surface area contributed by atoms with Gasteiger partial charge in [-0.15, -0.1) is 12.4 Å². The molecule has 0 aromatic carbocycles. The molecule has 4 nitrogen and oxygen atoms in total. The second-order valence-electron chi connectivity index (χ2n) is 7.07. The average molecular weight is 325 g/mol. The first-order valence-corrected chi connectivity index (χ1v) is 8.33. The molecule has 1 N–H and O–H groups in total. The SMILES string of the molecule is Cl.O=C(N[C@H]1CN(Cc2ccoc2)C[C@@H]1C1CC1)C1CCC1. The molecular formula is C17H25ClN2O2. The molecule has 0 radical (unpaired) electrons. The van der Waals surface area contributed by atoms with Gasteiger partial charge in [-0.25, -0.2) is 0 Å². The zero-order chi connectivity index (χ0) is 14.2. The van der Waals surface area contributed by atoms with E-state index in [0.29, 0.717) is 23.8 Å². The fraction of sp³-hybridized carbons (Fsp3) is 0.706. The molecule has 3 fully saturated rings. The molecule has 1 saturated heterocycles. The highest BCUT2D eigenvalue weighted by Gasteiger charge is 2.43. The second-order valence-corrected chi connectivity index (χ2v) is 7.07. The van der Waals surface area contributed by atoms with Gasteiger partial charge in [0.2, 0.25) is 5.91 Å². The number of hydrogen-bond donors (Lipinski definition) is 1. The van der Waals surface area contributed by atoms with E-state index in [9.17, 15) is 4.79 Å². The normalized spacial score (nSPS) is 28.9. The highest BCUT2D eigenvalue weighted by Crippen LogP contribution is 2.42. The van der Waals surface area contributed by atoms with E-state index in [1.807, 2.05) is 12.3 Å². The highest BCUT2D eigenvalue weighted by molar-refractivity contribution is 5.85. The van der Waals surface area contributed by atoms with Crippen molar-refractivity contribution in [2.24, 2.45) is 17.8 Å². The van der Waals surface area contributed by atoms with Crippen LogP contribution in [0.4, 0.5) is 0 Å². The highest BCUT2D eigenvalue weighted by atomic mass is 35.5. The van der Waals surface area contributed by atoms with Crippen LogP contribution in [-0.4, -0.2) is 29.9 Å². The van der Waals surface area contributed by atoms with Crippen LogP contribution >= 0.6 is 12.4 Å². The lowest BCUT2D eigenvalue weighted by molar-refractivity contribution is -0.128. The molecule has 0 bridgehead atoms. The first-order chi connectivity index (χ1) is 10.3. The topological polar surface area (TPSA) is 45.5 Å². The van der Waals surface area contributed by atoms with E-state index in [4.69, 9.17) is 4.42 Å². The fourth-order valence-corrected chi connectivity index (χ4v) is 3.81. The largest absolute Gasteiger partial charge is 0.472 e. The lowest BCUT2D eigenvalue weighted by atomic mass is 9.84. The van der Waals surface area contributed by atoms with Gasteiger partial charge in [0.25, 0.3) is 0 Å². The Morgan fingerprint density at radius 2 is 2.09 bits per heavy atom. The smallest absolute Gasteiger partial charge is 0.223 e. The van der Waals surface area contributed by atoms with Crippen molar-refractivity contribution < 1.29 is 9.21 Å². The summed E-state index contributed by atoms with van der Waals surface area (Å²) in [5.41, 5.74) is 1.23. The Bertz CT molecular complexity index is 497. The Morgan fingerprint density at radius 1 is 1.27 bits per heavy atom. The molecule has 3 aliphatic rings. The Kier molecular flexibility index (Phi) is 4.79. The summed E-state index contributed by atoms with van der Waals surface area (Å²) < 4.78 is 5.16. The molecule has 5 heteroatoms. The Hall–Kier alpha value is -1.00. The number of hydrogen-bond acceptors (Lipinski definition) is 3. The zero-order valence-electron chi connectivity index (χ0n) is 12.9. The number of likely N-dealkylation sites (tertiary alicyclic amines) is 1. The van der Waals surface area contributed by atoms with Gasteiger partial charge in [0.05, 0.1) is 12.5 Å². The van der Waals surface area contributed by atoms with Gasteiger partial charge in [0, 0.05) is 37.2 Å². The minimum absolute atomic E-state index is 0. The predicted molar refractivity (Wildman–Crippen MR) is 86.7 cm³/mol. The average Bonchev–Trinajstić information content (AvgIpc) is 2.97. The van der Waals surface area contributed by atoms with Gasteiger partial charge >= 0.3 is 0 Å². The predicted octanol–water partition coefficient (Wildman–Crippen LogP) is 2.83. The standard InChI is InChI=1S/C17H24N2O2.ClH/c20-17(14-2-1-3-14)18-16-10-19(8-12-6-7-21-11-12)9-15(16)13-4-5-13;/h6-7,11,13-16H,1-5,8-10H2,(H,18,20);1H/t15-,16+;/m1./s1. The number of rotatable bonds is 5. The third-order valence-electron chi connectivity index (χ3n) is 5.46. The molecule has 2 saturated carbocycles. The first-order valence-electron chi connectivity index (χ1n) is 8.33. The number of halogens is 1. The van der Waals surface area contributed by atoms with E-state index >= 15 is 0 Å². The van der Waals surface area contributed by atoms with Gasteiger partial charge in [0.1, 0.15) is 0 Å². The van der Waals surface area contributed by atoms with E-state index in [0.717, 1.165) is 38.4 Å². The van der Waals surface area contributed by atoms with E-state index in [-0.39, 0.29) is 12.4 Å². The second kappa shape index (κ2) is 6.63. The summed E-state index contributed by atoms with van der Waals surface area (Å²) in [5, 5.41) is 3.36. The molecule has 1 amide bonds. The maximum absolute atomic E-state index is 12.2. The van der Waals surface area contributed by atoms with Gasteiger partial charge in [-0.05, 0) is 43.6 Å². The van der Waals surface area contributed by atoms with E-state index in [2.05, 4.69) is 10.2 Å². The lowest BCUT2D eigenvalue weighted by Crippen LogP contribution is -2.45. The van der Waals surface area contributed by atoms with Crippen LogP contribution < -0.4 is 5.32 Å². The van der Waals surface area contributed by atoms with E-state index < -0.39 is 0 Å². The van der Waals surface area contributed by atoms with Crippen LogP contribution in [0.25, 0.3) is 0 Å². The van der Waals surface area contributed by atoms with Crippen LogP contribution in [0.15, 0.2) is 23.0 Å². The number of amides is 1. The molecule has 2 heterocycles. The zero-order valence-corrected chi connectivity index (χ0v) is 13.7. The minimum atomic E-state index is 0. The number of nitrogens with zero attached hydrogens (tertiary/aromatic N) is 1. The summed E-state index contributed by atoms with van der Waals surface area (Å²) in [6.45, 7) is 3.05. The molecular weight excluding hydrogens is 300 g/mol. The number of furan rings is 1. The summed E-state index contributed by atoms with van der Waals surface area (Å²) in [7, 11) is 0. The van der Waals surface area contributed by atoms with Gasteiger partial charge in [0.15, 0.2) is 0 Å². The minimum Gasteiger partial charge on any atom is -0.472 e. The van der Waals surface area contributed by atoms with Crippen LogP contribution in [0.5, 0.6) is 0 Å². The summed E-state index contributed by atoms with van der Waals surface area (Å²) in [4.78, 5) is 14.7. The van der Waals surface area contributed by atoms with Crippen LogP contribution in [0.3, 0.4) is 0 Å². The maximum Gasteiger partial charge on any atom is 0.223 e. The van der Waals surface area contributed by atoms with E-state index in [1.165, 1.54) is 24.8 Å². The monoisotopic (exact) mass is 324 g/mol. The summed E-state index contributed by atoms with van der Waals surface area (Å²) in [6, 6.07) is 2.39. The molecule has 2 aliphatic carbocycles. The van der Waals surface area contributed by atoms with Gasteiger partial charge in [-0.1, -0.05) is 6.42 Å². The van der Waals surface area contributed by atoms with Crippen molar-refractivity contribution >= 4 is 18.3 Å². The Labute approximate surface area is 138 Å². The maximum atomic E-state index is 12.2. The summed E-state index contributed by atoms with van der Waals surface area (Å²) >= 11 is 0. The van der Waals surface area contributed by atoms with Gasteiger partial charge < -0.3 is 9.73 Å². The van der Waals surface area contributed by atoms with Crippen LogP contribution in [0, 0.1) is 17.8 Å². The first kappa shape index (κ1) is 15.9. The Balaban J connectivity index is 0.00000144. The molecule has 4 rings (SSSR count). The third-order valence-corrected chi connectivity index (χ3v) is 5.46. The molecule has 1 aromatic rings. The number of nitrogens with one attached hydrogen (secondary N) is 1. The van der Waals surface area contributed by atoms with Gasteiger partial charge in [-0.3, -0.25) is 9.69 Å². The molecule has 1 aromatic heterocycles. The molecule has 122 valence electrons. The quantitative estimate of drug-likeness (QED) is 0.906. The van der Waals surface area contributed by atoms with Crippen LogP contribution in [0.1, 0.15) is 37.7 Å². The van der Waals surface area contributed by atoms with Crippen molar-refractivity contribution in [3.05, 3.63) is 24.2 Å². The van der Waals surface area contributed by atoms with Gasteiger partial charge in [-0.2, -0.15) is 0 Å². The fourth-order valence-electron chi connectivity index (χ4n) is 3.81. The summed E-state index contributed by atoms with van der Waals surface area (Å²) in [6.07, 6.45) is 9.66. The molecule has 0 spiro atoms. The molecule has 2 atom stereocenters. The van der Waals surface area contributed by atoms with Crippen molar-refractivity contribution in [2.45, 2.75) is 44.7 Å².